The first-order valence-corrected chi connectivity index (χ1v) is 7.74. The summed E-state index contributed by atoms with van der Waals surface area (Å²) >= 11 is 6.30. The van der Waals surface area contributed by atoms with Crippen molar-refractivity contribution in [2.24, 2.45) is 0 Å². The maximum absolute atomic E-state index is 6.30. The fraction of sp³-hybridized carbons (Fsp3) is 0.733. The Bertz CT molecular complexity index is 478. The summed E-state index contributed by atoms with van der Waals surface area (Å²) in [5.41, 5.74) is 0.962. The topological polar surface area (TPSA) is 38.2 Å². The third-order valence-corrected chi connectivity index (χ3v) is 4.17. The lowest BCUT2D eigenvalue weighted by molar-refractivity contribution is 0.0295. The third-order valence-electron chi connectivity index (χ3n) is 3.81. The normalized spacial score (nSPS) is 23.4. The number of morpholine rings is 1. The molecule has 20 heavy (non-hydrogen) atoms. The van der Waals surface area contributed by atoms with Crippen molar-refractivity contribution in [2.45, 2.75) is 59.1 Å². The molecular formula is C15H24ClN3O. The standard InChI is InChI=1S/C15H24ClN3O/c1-6-12-8-20-10(4)7-19(12)15-11(5)13(16)17-14(18-15)9(2)3/h9-10,12H,6-8H2,1-5H3. The molecule has 112 valence electrons. The van der Waals surface area contributed by atoms with E-state index in [1.54, 1.807) is 0 Å². The molecule has 2 atom stereocenters. The lowest BCUT2D eigenvalue weighted by Gasteiger charge is -2.40. The van der Waals surface area contributed by atoms with Gasteiger partial charge in [0.1, 0.15) is 16.8 Å². The highest BCUT2D eigenvalue weighted by Crippen LogP contribution is 2.29. The van der Waals surface area contributed by atoms with Crippen LogP contribution in [-0.4, -0.2) is 35.3 Å². The molecule has 1 saturated heterocycles. The maximum Gasteiger partial charge on any atom is 0.137 e. The van der Waals surface area contributed by atoms with E-state index >= 15 is 0 Å². The van der Waals surface area contributed by atoms with Crippen LogP contribution in [0.1, 0.15) is 51.4 Å². The summed E-state index contributed by atoms with van der Waals surface area (Å²) in [5, 5.41) is 0.563. The summed E-state index contributed by atoms with van der Waals surface area (Å²) in [7, 11) is 0. The van der Waals surface area contributed by atoms with Crippen LogP contribution in [0.2, 0.25) is 5.15 Å². The molecule has 2 rings (SSSR count). The second kappa shape index (κ2) is 6.27. The van der Waals surface area contributed by atoms with Crippen LogP contribution in [0, 0.1) is 6.92 Å². The molecule has 0 saturated carbocycles. The van der Waals surface area contributed by atoms with Gasteiger partial charge >= 0.3 is 0 Å². The number of hydrogen-bond donors (Lipinski definition) is 0. The zero-order valence-corrected chi connectivity index (χ0v) is 13.7. The molecule has 0 spiro atoms. The highest BCUT2D eigenvalue weighted by Gasteiger charge is 2.29. The number of halogens is 1. The van der Waals surface area contributed by atoms with Crippen molar-refractivity contribution in [1.82, 2.24) is 9.97 Å². The van der Waals surface area contributed by atoms with Gasteiger partial charge in [-0.05, 0) is 20.3 Å². The van der Waals surface area contributed by atoms with E-state index in [0.717, 1.165) is 36.8 Å². The highest BCUT2D eigenvalue weighted by molar-refractivity contribution is 6.30. The monoisotopic (exact) mass is 297 g/mol. The first-order chi connectivity index (χ1) is 9.43. The number of aromatic nitrogens is 2. The van der Waals surface area contributed by atoms with Crippen LogP contribution < -0.4 is 4.90 Å². The molecule has 4 nitrogen and oxygen atoms in total. The first kappa shape index (κ1) is 15.5. The van der Waals surface area contributed by atoms with E-state index in [1.807, 2.05) is 6.92 Å². The predicted octanol–water partition coefficient (Wildman–Crippen LogP) is 3.57. The number of anilines is 1. The fourth-order valence-electron chi connectivity index (χ4n) is 2.47. The van der Waals surface area contributed by atoms with Gasteiger partial charge in [-0.2, -0.15) is 0 Å². The molecule has 5 heteroatoms. The van der Waals surface area contributed by atoms with Crippen molar-refractivity contribution in [3.63, 3.8) is 0 Å². The van der Waals surface area contributed by atoms with Gasteiger partial charge in [0.05, 0.1) is 18.8 Å². The number of rotatable bonds is 3. The molecule has 2 heterocycles. The SMILES string of the molecule is CCC1COC(C)CN1c1nc(C(C)C)nc(Cl)c1C. The van der Waals surface area contributed by atoms with Gasteiger partial charge in [-0.1, -0.05) is 32.4 Å². The van der Waals surface area contributed by atoms with Crippen molar-refractivity contribution in [2.75, 3.05) is 18.1 Å². The van der Waals surface area contributed by atoms with Crippen LogP contribution in [0.25, 0.3) is 0 Å². The minimum Gasteiger partial charge on any atom is -0.375 e. The molecule has 0 bridgehead atoms. The predicted molar refractivity (Wildman–Crippen MR) is 82.7 cm³/mol. The maximum atomic E-state index is 6.30. The summed E-state index contributed by atoms with van der Waals surface area (Å²) in [6.07, 6.45) is 1.25. The Hall–Kier alpha value is -0.870. The van der Waals surface area contributed by atoms with Gasteiger partial charge < -0.3 is 9.64 Å². The lowest BCUT2D eigenvalue weighted by atomic mass is 10.1. The van der Waals surface area contributed by atoms with Gasteiger partial charge in [0, 0.05) is 18.0 Å². The third kappa shape index (κ3) is 3.07. The Labute approximate surface area is 126 Å². The Kier molecular flexibility index (Phi) is 4.86. The molecule has 1 aromatic heterocycles. The summed E-state index contributed by atoms with van der Waals surface area (Å²) in [4.78, 5) is 11.5. The van der Waals surface area contributed by atoms with E-state index < -0.39 is 0 Å². The molecule has 2 unspecified atom stereocenters. The van der Waals surface area contributed by atoms with Crippen LogP contribution in [0.4, 0.5) is 5.82 Å². The first-order valence-electron chi connectivity index (χ1n) is 7.36. The van der Waals surface area contributed by atoms with Crippen molar-refractivity contribution < 1.29 is 4.74 Å². The van der Waals surface area contributed by atoms with E-state index in [1.165, 1.54) is 0 Å². The fourth-order valence-corrected chi connectivity index (χ4v) is 2.64. The molecule has 1 fully saturated rings. The van der Waals surface area contributed by atoms with E-state index in [4.69, 9.17) is 21.3 Å². The molecule has 1 aliphatic heterocycles. The molecular weight excluding hydrogens is 274 g/mol. The average molecular weight is 298 g/mol. The van der Waals surface area contributed by atoms with Gasteiger partial charge in [-0.3, -0.25) is 0 Å². The van der Waals surface area contributed by atoms with Gasteiger partial charge in [0.25, 0.3) is 0 Å². The van der Waals surface area contributed by atoms with Gasteiger partial charge in [0.15, 0.2) is 0 Å². The molecule has 0 amide bonds. The number of ether oxygens (including phenoxy) is 1. The molecule has 0 aliphatic carbocycles. The Morgan fingerprint density at radius 3 is 2.70 bits per heavy atom. The van der Waals surface area contributed by atoms with Gasteiger partial charge in [0.2, 0.25) is 0 Å². The molecule has 0 radical (unpaired) electrons. The summed E-state index contributed by atoms with van der Waals surface area (Å²) < 4.78 is 5.76. The molecule has 0 aromatic carbocycles. The van der Waals surface area contributed by atoms with E-state index in [2.05, 4.69) is 37.6 Å². The zero-order valence-electron chi connectivity index (χ0n) is 13.0. The number of hydrogen-bond acceptors (Lipinski definition) is 4. The van der Waals surface area contributed by atoms with Crippen LogP contribution in [0.3, 0.4) is 0 Å². The minimum absolute atomic E-state index is 0.216. The highest BCUT2D eigenvalue weighted by atomic mass is 35.5. The second-order valence-corrected chi connectivity index (χ2v) is 6.19. The molecule has 1 aromatic rings. The molecule has 0 N–H and O–H groups in total. The van der Waals surface area contributed by atoms with Crippen LogP contribution in [0.5, 0.6) is 0 Å². The number of nitrogens with zero attached hydrogens (tertiary/aromatic N) is 3. The Morgan fingerprint density at radius 2 is 2.10 bits per heavy atom. The zero-order chi connectivity index (χ0) is 14.9. The van der Waals surface area contributed by atoms with Crippen LogP contribution in [-0.2, 0) is 4.74 Å². The second-order valence-electron chi connectivity index (χ2n) is 5.83. The Balaban J connectivity index is 2.43. The van der Waals surface area contributed by atoms with Crippen molar-refractivity contribution >= 4 is 17.4 Å². The largest absolute Gasteiger partial charge is 0.375 e. The van der Waals surface area contributed by atoms with E-state index in [0.29, 0.717) is 11.2 Å². The van der Waals surface area contributed by atoms with E-state index in [-0.39, 0.29) is 12.0 Å². The van der Waals surface area contributed by atoms with Gasteiger partial charge in [-0.25, -0.2) is 9.97 Å². The van der Waals surface area contributed by atoms with Crippen molar-refractivity contribution in [1.29, 1.82) is 0 Å². The molecule has 1 aliphatic rings. The van der Waals surface area contributed by atoms with Gasteiger partial charge in [-0.15, -0.1) is 0 Å². The summed E-state index contributed by atoms with van der Waals surface area (Å²) in [6, 6.07) is 0.357. The van der Waals surface area contributed by atoms with E-state index in [9.17, 15) is 0 Å². The minimum atomic E-state index is 0.216. The summed E-state index contributed by atoms with van der Waals surface area (Å²) in [5.74, 6) is 2.05. The average Bonchev–Trinajstić information content (AvgIpc) is 2.41. The lowest BCUT2D eigenvalue weighted by Crippen LogP contribution is -2.49. The van der Waals surface area contributed by atoms with Crippen LogP contribution >= 0.6 is 11.6 Å². The van der Waals surface area contributed by atoms with Crippen molar-refractivity contribution in [3.05, 3.63) is 16.5 Å². The summed E-state index contributed by atoms with van der Waals surface area (Å²) in [6.45, 7) is 12.0. The Morgan fingerprint density at radius 1 is 1.40 bits per heavy atom. The smallest absolute Gasteiger partial charge is 0.137 e. The van der Waals surface area contributed by atoms with Crippen molar-refractivity contribution in [3.8, 4) is 0 Å². The quantitative estimate of drug-likeness (QED) is 0.800. The van der Waals surface area contributed by atoms with Crippen LogP contribution in [0.15, 0.2) is 0 Å².